The van der Waals surface area contributed by atoms with Gasteiger partial charge in [0.25, 0.3) is 11.8 Å². The molecule has 0 spiro atoms. The third kappa shape index (κ3) is 3.76. The second-order valence-electron chi connectivity index (χ2n) is 6.90. The summed E-state index contributed by atoms with van der Waals surface area (Å²) in [5.41, 5.74) is 3.74. The van der Waals surface area contributed by atoms with E-state index in [9.17, 15) is 9.59 Å². The maximum absolute atomic E-state index is 13.3. The van der Waals surface area contributed by atoms with E-state index in [2.05, 4.69) is 10.3 Å². The maximum atomic E-state index is 13.3. The average Bonchev–Trinajstić information content (AvgIpc) is 3.02. The molecule has 3 aromatic rings. The van der Waals surface area contributed by atoms with Crippen LogP contribution in [-0.2, 0) is 9.59 Å². The summed E-state index contributed by atoms with van der Waals surface area (Å²) in [5, 5.41) is 2.95. The second-order valence-corrected chi connectivity index (χ2v) is 8.07. The molecule has 1 N–H and O–H groups in total. The number of carbonyl (C=O) groups excluding carboxylic acids is 2. The predicted octanol–water partition coefficient (Wildman–Crippen LogP) is 4.63. The van der Waals surface area contributed by atoms with Crippen LogP contribution in [0.5, 0.6) is 0 Å². The fourth-order valence-electron chi connectivity index (χ4n) is 3.52. The van der Waals surface area contributed by atoms with E-state index in [1.165, 1.54) is 4.90 Å². The number of nitrogens with one attached hydrogen (secondary N) is 1. The van der Waals surface area contributed by atoms with Crippen LogP contribution >= 0.6 is 35.4 Å². The highest BCUT2D eigenvalue weighted by atomic mass is 35.5. The molecule has 1 fully saturated rings. The average molecular weight is 471 g/mol. The van der Waals surface area contributed by atoms with Crippen LogP contribution in [0.15, 0.2) is 54.4 Å². The second kappa shape index (κ2) is 8.26. The van der Waals surface area contributed by atoms with Gasteiger partial charge in [-0.15, -0.1) is 0 Å². The van der Waals surface area contributed by atoms with E-state index in [0.717, 1.165) is 22.6 Å². The summed E-state index contributed by atoms with van der Waals surface area (Å²) in [4.78, 5) is 31.1. The lowest BCUT2D eigenvalue weighted by Crippen LogP contribution is -2.54. The van der Waals surface area contributed by atoms with Crippen LogP contribution in [0.3, 0.4) is 0 Å². The van der Waals surface area contributed by atoms with Crippen molar-refractivity contribution in [1.29, 1.82) is 0 Å². The Morgan fingerprint density at radius 1 is 1.10 bits per heavy atom. The molecule has 2 aromatic heterocycles. The largest absolute Gasteiger partial charge is 0.318 e. The van der Waals surface area contributed by atoms with Gasteiger partial charge in [-0.2, -0.15) is 0 Å². The third-order valence-electron chi connectivity index (χ3n) is 4.96. The van der Waals surface area contributed by atoms with Crippen molar-refractivity contribution in [3.8, 4) is 5.69 Å². The fraction of sp³-hybridized carbons (Fsp3) is 0.0909. The van der Waals surface area contributed by atoms with Crippen molar-refractivity contribution < 1.29 is 9.59 Å². The summed E-state index contributed by atoms with van der Waals surface area (Å²) >= 11 is 17.6. The van der Waals surface area contributed by atoms with E-state index in [1.54, 1.807) is 36.7 Å². The number of hydrogen-bond donors (Lipinski definition) is 1. The van der Waals surface area contributed by atoms with E-state index in [-0.39, 0.29) is 20.7 Å². The molecule has 4 rings (SSSR count). The number of benzene rings is 1. The molecule has 9 heteroatoms. The minimum Gasteiger partial charge on any atom is -0.318 e. The van der Waals surface area contributed by atoms with Gasteiger partial charge in [-0.05, 0) is 68.0 Å². The summed E-state index contributed by atoms with van der Waals surface area (Å²) in [6, 6.07) is 10.6. The Bertz CT molecular complexity index is 1270. The van der Waals surface area contributed by atoms with Gasteiger partial charge in [0.15, 0.2) is 5.11 Å². The van der Waals surface area contributed by atoms with Gasteiger partial charge in [-0.25, -0.2) is 0 Å². The van der Waals surface area contributed by atoms with Crippen LogP contribution < -0.4 is 10.2 Å². The highest BCUT2D eigenvalue weighted by Gasteiger charge is 2.36. The number of halogens is 2. The maximum Gasteiger partial charge on any atom is 0.270 e. The lowest BCUT2D eigenvalue weighted by Gasteiger charge is -2.29. The first-order chi connectivity index (χ1) is 14.8. The van der Waals surface area contributed by atoms with Crippen LogP contribution in [0, 0.1) is 13.8 Å². The van der Waals surface area contributed by atoms with Gasteiger partial charge < -0.3 is 4.57 Å². The lowest BCUT2D eigenvalue weighted by atomic mass is 10.1. The zero-order valence-electron chi connectivity index (χ0n) is 16.5. The number of anilines is 1. The Morgan fingerprint density at radius 3 is 2.52 bits per heavy atom. The van der Waals surface area contributed by atoms with Crippen LogP contribution in [-0.4, -0.2) is 26.5 Å². The van der Waals surface area contributed by atoms with E-state index in [1.807, 2.05) is 36.6 Å². The van der Waals surface area contributed by atoms with E-state index >= 15 is 0 Å². The van der Waals surface area contributed by atoms with Gasteiger partial charge in [0.2, 0.25) is 0 Å². The van der Waals surface area contributed by atoms with Crippen molar-refractivity contribution >= 4 is 64.1 Å². The number of rotatable bonds is 3. The molecule has 1 aliphatic rings. The van der Waals surface area contributed by atoms with Gasteiger partial charge in [-0.1, -0.05) is 29.3 Å². The number of aromatic nitrogens is 2. The topological polar surface area (TPSA) is 67.2 Å². The highest BCUT2D eigenvalue weighted by Crippen LogP contribution is 2.34. The zero-order valence-corrected chi connectivity index (χ0v) is 18.8. The van der Waals surface area contributed by atoms with Crippen molar-refractivity contribution in [2.45, 2.75) is 13.8 Å². The van der Waals surface area contributed by atoms with Crippen molar-refractivity contribution in [3.63, 3.8) is 0 Å². The predicted molar refractivity (Wildman–Crippen MR) is 126 cm³/mol. The number of aryl methyl sites for hydroxylation is 1. The quantitative estimate of drug-likeness (QED) is 0.344. The van der Waals surface area contributed by atoms with Crippen molar-refractivity contribution in [3.05, 3.63) is 81.4 Å². The molecule has 1 saturated heterocycles. The number of thiocarbonyl (C=S) groups is 1. The molecule has 3 heterocycles. The minimum atomic E-state index is -0.577. The summed E-state index contributed by atoms with van der Waals surface area (Å²) in [5.74, 6) is -1.15. The molecule has 31 heavy (non-hydrogen) atoms. The summed E-state index contributed by atoms with van der Waals surface area (Å²) in [6.07, 6.45) is 4.97. The lowest BCUT2D eigenvalue weighted by molar-refractivity contribution is -0.122. The molecule has 0 saturated carbocycles. The Kier molecular flexibility index (Phi) is 5.66. The molecular formula is C22H16Cl2N4O2S. The van der Waals surface area contributed by atoms with E-state index in [4.69, 9.17) is 35.4 Å². The Hall–Kier alpha value is -3.00. The molecule has 1 aliphatic heterocycles. The number of pyridine rings is 1. The molecule has 6 nitrogen and oxygen atoms in total. The monoisotopic (exact) mass is 470 g/mol. The molecule has 0 bridgehead atoms. The van der Waals surface area contributed by atoms with Crippen LogP contribution in [0.4, 0.5) is 5.69 Å². The standard InChI is InChI=1S/C22H16Cl2N4O2S/c1-12-10-14(13(2)27(12)15-6-8-25-9-7-15)11-16-20(29)26-22(31)28(21(16)30)18-5-3-4-17(23)19(18)24/h3-11H,1-2H3,(H,26,29,31). The molecule has 1 aromatic carbocycles. The van der Waals surface area contributed by atoms with Crippen molar-refractivity contribution in [1.82, 2.24) is 14.9 Å². The van der Waals surface area contributed by atoms with Crippen LogP contribution in [0.2, 0.25) is 10.0 Å². The number of nitrogens with zero attached hydrogens (tertiary/aromatic N) is 3. The molecule has 0 radical (unpaired) electrons. The summed E-state index contributed by atoms with van der Waals surface area (Å²) in [7, 11) is 0. The molecule has 0 unspecified atom stereocenters. The molecule has 156 valence electrons. The summed E-state index contributed by atoms with van der Waals surface area (Å²) < 4.78 is 2.02. The normalized spacial score (nSPS) is 15.5. The van der Waals surface area contributed by atoms with Gasteiger partial charge in [-0.3, -0.25) is 24.8 Å². The first-order valence-electron chi connectivity index (χ1n) is 9.24. The SMILES string of the molecule is Cc1cc(C=C2C(=O)NC(=S)N(c3cccc(Cl)c3Cl)C2=O)c(C)n1-c1ccncc1. The van der Waals surface area contributed by atoms with Gasteiger partial charge >= 0.3 is 0 Å². The van der Waals surface area contributed by atoms with Crippen molar-refractivity contribution in [2.24, 2.45) is 0 Å². The number of carbonyl (C=O) groups is 2. The van der Waals surface area contributed by atoms with Gasteiger partial charge in [0, 0.05) is 29.5 Å². The number of hydrogen-bond acceptors (Lipinski definition) is 4. The van der Waals surface area contributed by atoms with E-state index < -0.39 is 11.8 Å². The third-order valence-corrected chi connectivity index (χ3v) is 6.06. The van der Waals surface area contributed by atoms with Crippen LogP contribution in [0.25, 0.3) is 11.8 Å². The fourth-order valence-corrected chi connectivity index (χ4v) is 4.18. The Labute approximate surface area is 194 Å². The molecule has 2 amide bonds. The molecule has 0 atom stereocenters. The Morgan fingerprint density at radius 2 is 1.81 bits per heavy atom. The zero-order chi connectivity index (χ0) is 22.3. The molecular weight excluding hydrogens is 455 g/mol. The van der Waals surface area contributed by atoms with Crippen molar-refractivity contribution in [2.75, 3.05) is 4.90 Å². The number of amides is 2. The highest BCUT2D eigenvalue weighted by molar-refractivity contribution is 7.80. The van der Waals surface area contributed by atoms with Gasteiger partial charge in [0.05, 0.1) is 15.7 Å². The smallest absolute Gasteiger partial charge is 0.270 e. The first-order valence-corrected chi connectivity index (χ1v) is 10.4. The van der Waals surface area contributed by atoms with Gasteiger partial charge in [0.1, 0.15) is 5.57 Å². The first kappa shape index (κ1) is 21.2. The van der Waals surface area contributed by atoms with Crippen LogP contribution in [0.1, 0.15) is 17.0 Å². The Balaban J connectivity index is 1.79. The minimum absolute atomic E-state index is 0.0559. The van der Waals surface area contributed by atoms with E-state index in [0.29, 0.717) is 5.69 Å². The summed E-state index contributed by atoms with van der Waals surface area (Å²) in [6.45, 7) is 3.87. The molecule has 0 aliphatic carbocycles.